The Labute approximate surface area is 102 Å². The van der Waals surface area contributed by atoms with Crippen LogP contribution in [0, 0.1) is 0 Å². The third kappa shape index (κ3) is 4.17. The molecule has 0 N–H and O–H groups in total. The second kappa shape index (κ2) is 7.04. The van der Waals surface area contributed by atoms with Gasteiger partial charge in [0.05, 0.1) is 0 Å². The molecule has 94 valence electrons. The second-order valence-electron chi connectivity index (χ2n) is 3.47. The van der Waals surface area contributed by atoms with Gasteiger partial charge in [0.2, 0.25) is 0 Å². The van der Waals surface area contributed by atoms with Crippen molar-refractivity contribution in [3.63, 3.8) is 0 Å². The quantitative estimate of drug-likeness (QED) is 0.449. The first-order valence-corrected chi connectivity index (χ1v) is 5.55. The van der Waals surface area contributed by atoms with Gasteiger partial charge in [-0.1, -0.05) is 12.1 Å². The highest BCUT2D eigenvalue weighted by atomic mass is 16.7. The summed E-state index contributed by atoms with van der Waals surface area (Å²) in [6.07, 6.45) is -0.338. The van der Waals surface area contributed by atoms with Gasteiger partial charge >= 0.3 is 0 Å². The lowest BCUT2D eigenvalue weighted by atomic mass is 10.2. The van der Waals surface area contributed by atoms with Crippen molar-refractivity contribution >= 4 is 5.90 Å². The first kappa shape index (κ1) is 13.7. The van der Waals surface area contributed by atoms with Gasteiger partial charge in [-0.25, -0.2) is 0 Å². The van der Waals surface area contributed by atoms with Gasteiger partial charge in [-0.3, -0.25) is 4.99 Å². The molecule has 1 aromatic carbocycles. The minimum Gasteiger partial charge on any atom is -0.444 e. The number of benzene rings is 1. The van der Waals surface area contributed by atoms with Crippen LogP contribution in [0.4, 0.5) is 0 Å². The molecule has 0 unspecified atom stereocenters. The molecule has 1 rings (SSSR count). The van der Waals surface area contributed by atoms with Gasteiger partial charge in [0.1, 0.15) is 5.75 Å². The molecule has 4 heteroatoms. The molecule has 0 aliphatic rings. The Balaban J connectivity index is 2.71. The van der Waals surface area contributed by atoms with Crippen LogP contribution in [0.2, 0.25) is 0 Å². The summed E-state index contributed by atoms with van der Waals surface area (Å²) in [7, 11) is 3.22. The zero-order chi connectivity index (χ0) is 12.7. The molecule has 0 saturated carbocycles. The fraction of sp³-hybridized carbons (Fsp3) is 0.462. The molecule has 4 nitrogen and oxygen atoms in total. The molecule has 1 aromatic rings. The van der Waals surface area contributed by atoms with E-state index in [9.17, 15) is 0 Å². The van der Waals surface area contributed by atoms with Crippen LogP contribution >= 0.6 is 0 Å². The fourth-order valence-corrected chi connectivity index (χ4v) is 1.49. The van der Waals surface area contributed by atoms with Crippen molar-refractivity contribution in [3.8, 4) is 5.75 Å². The zero-order valence-corrected chi connectivity index (χ0v) is 10.8. The summed E-state index contributed by atoms with van der Waals surface area (Å²) >= 11 is 0. The maximum Gasteiger partial charge on any atom is 0.187 e. The first-order valence-electron chi connectivity index (χ1n) is 5.55. The lowest BCUT2D eigenvalue weighted by molar-refractivity contribution is -0.106. The molecule has 17 heavy (non-hydrogen) atoms. The van der Waals surface area contributed by atoms with Crippen LogP contribution in [0.15, 0.2) is 29.3 Å². The van der Waals surface area contributed by atoms with Crippen LogP contribution < -0.4 is 4.74 Å². The van der Waals surface area contributed by atoms with Gasteiger partial charge in [0, 0.05) is 33.3 Å². The fourth-order valence-electron chi connectivity index (χ4n) is 1.49. The van der Waals surface area contributed by atoms with E-state index >= 15 is 0 Å². The molecule has 0 amide bonds. The Hall–Kier alpha value is -1.39. The number of methoxy groups -OCH3 is 2. The largest absolute Gasteiger partial charge is 0.444 e. The van der Waals surface area contributed by atoms with E-state index in [1.807, 2.05) is 38.1 Å². The summed E-state index contributed by atoms with van der Waals surface area (Å²) in [5.41, 5.74) is 0.951. The van der Waals surface area contributed by atoms with Crippen LogP contribution in [0.25, 0.3) is 0 Å². The Bertz CT molecular complexity index is 355. The third-order valence-electron chi connectivity index (χ3n) is 2.23. The van der Waals surface area contributed by atoms with Gasteiger partial charge in [0.25, 0.3) is 0 Å². The van der Waals surface area contributed by atoms with Gasteiger partial charge in [-0.15, -0.1) is 0 Å². The lowest BCUT2D eigenvalue weighted by Gasteiger charge is -2.14. The minimum atomic E-state index is -0.338. The van der Waals surface area contributed by atoms with Crippen molar-refractivity contribution in [2.75, 3.05) is 20.8 Å². The summed E-state index contributed by atoms with van der Waals surface area (Å²) in [6, 6.07) is 7.56. The van der Waals surface area contributed by atoms with Crippen LogP contribution in [-0.4, -0.2) is 26.7 Å². The summed E-state index contributed by atoms with van der Waals surface area (Å²) in [5, 5.41) is 0. The van der Waals surface area contributed by atoms with Crippen LogP contribution in [-0.2, 0) is 9.47 Å². The number of hydrogen-bond acceptors (Lipinski definition) is 4. The van der Waals surface area contributed by atoms with Crippen molar-refractivity contribution < 1.29 is 14.2 Å². The van der Waals surface area contributed by atoms with Crippen molar-refractivity contribution in [3.05, 3.63) is 29.8 Å². The standard InChI is InChI=1S/C13H19NO3/c1-5-14-10(2)17-12-8-6-11(7-9-12)13(15-3)16-4/h6-9,13H,5H2,1-4H3. The molecule has 0 saturated heterocycles. The van der Waals surface area contributed by atoms with Crippen LogP contribution in [0.5, 0.6) is 5.75 Å². The summed E-state index contributed by atoms with van der Waals surface area (Å²) in [4.78, 5) is 4.15. The van der Waals surface area contributed by atoms with Crippen LogP contribution in [0.3, 0.4) is 0 Å². The zero-order valence-electron chi connectivity index (χ0n) is 10.8. The molecule has 0 spiro atoms. The number of aliphatic imine (C=N–C) groups is 1. The third-order valence-corrected chi connectivity index (χ3v) is 2.23. The van der Waals surface area contributed by atoms with E-state index in [0.717, 1.165) is 17.9 Å². The molecule has 0 aliphatic carbocycles. The molecule has 0 radical (unpaired) electrons. The monoisotopic (exact) mass is 237 g/mol. The molecular formula is C13H19NO3. The number of hydrogen-bond donors (Lipinski definition) is 0. The Morgan fingerprint density at radius 3 is 2.24 bits per heavy atom. The Morgan fingerprint density at radius 1 is 1.18 bits per heavy atom. The number of nitrogens with zero attached hydrogens (tertiary/aromatic N) is 1. The highest BCUT2D eigenvalue weighted by molar-refractivity contribution is 5.75. The summed E-state index contributed by atoms with van der Waals surface area (Å²) in [6.45, 7) is 4.53. The van der Waals surface area contributed by atoms with Gasteiger partial charge in [-0.05, 0) is 19.1 Å². The van der Waals surface area contributed by atoms with E-state index in [-0.39, 0.29) is 6.29 Å². The Kier molecular flexibility index (Phi) is 5.66. The number of ether oxygens (including phenoxy) is 3. The first-order chi connectivity index (χ1) is 8.21. The maximum absolute atomic E-state index is 5.53. The van der Waals surface area contributed by atoms with E-state index in [0.29, 0.717) is 5.90 Å². The Morgan fingerprint density at radius 2 is 1.76 bits per heavy atom. The van der Waals surface area contributed by atoms with E-state index in [1.165, 1.54) is 0 Å². The average molecular weight is 237 g/mol. The SMILES string of the molecule is CCN=C(C)Oc1ccc(C(OC)OC)cc1. The minimum absolute atomic E-state index is 0.338. The molecule has 0 aromatic heterocycles. The highest BCUT2D eigenvalue weighted by Crippen LogP contribution is 2.20. The number of rotatable bonds is 5. The molecule has 0 heterocycles. The smallest absolute Gasteiger partial charge is 0.187 e. The predicted molar refractivity (Wildman–Crippen MR) is 67.5 cm³/mol. The average Bonchev–Trinajstić information content (AvgIpc) is 2.33. The molecular weight excluding hydrogens is 218 g/mol. The summed E-state index contributed by atoms with van der Waals surface area (Å²) < 4.78 is 15.8. The topological polar surface area (TPSA) is 40.0 Å². The predicted octanol–water partition coefficient (Wildman–Crippen LogP) is 2.80. The second-order valence-corrected chi connectivity index (χ2v) is 3.47. The highest BCUT2D eigenvalue weighted by Gasteiger charge is 2.08. The van der Waals surface area contributed by atoms with Gasteiger partial charge in [0.15, 0.2) is 12.2 Å². The van der Waals surface area contributed by atoms with E-state index < -0.39 is 0 Å². The van der Waals surface area contributed by atoms with Crippen molar-refractivity contribution in [2.24, 2.45) is 4.99 Å². The molecule has 0 fully saturated rings. The van der Waals surface area contributed by atoms with Gasteiger partial charge < -0.3 is 14.2 Å². The van der Waals surface area contributed by atoms with E-state index in [4.69, 9.17) is 14.2 Å². The van der Waals surface area contributed by atoms with E-state index in [2.05, 4.69) is 4.99 Å². The normalized spacial score (nSPS) is 11.9. The lowest BCUT2D eigenvalue weighted by Crippen LogP contribution is -2.05. The van der Waals surface area contributed by atoms with Gasteiger partial charge in [-0.2, -0.15) is 0 Å². The van der Waals surface area contributed by atoms with Crippen molar-refractivity contribution in [1.29, 1.82) is 0 Å². The maximum atomic E-state index is 5.53. The molecule has 0 bridgehead atoms. The van der Waals surface area contributed by atoms with Crippen molar-refractivity contribution in [1.82, 2.24) is 0 Å². The van der Waals surface area contributed by atoms with Crippen LogP contribution in [0.1, 0.15) is 25.7 Å². The van der Waals surface area contributed by atoms with E-state index in [1.54, 1.807) is 14.2 Å². The summed E-state index contributed by atoms with van der Waals surface area (Å²) in [5.74, 6) is 1.42. The molecule has 0 aliphatic heterocycles. The van der Waals surface area contributed by atoms with Crippen molar-refractivity contribution in [2.45, 2.75) is 20.1 Å². The molecule has 0 atom stereocenters.